The molecule has 1 aromatic rings. The highest BCUT2D eigenvalue weighted by Gasteiger charge is 2.48. The van der Waals surface area contributed by atoms with Crippen LogP contribution in [0.2, 0.25) is 0 Å². The standard InChI is InChI=1S/C21H34FN5O4/c1-18(2)9-13(10-19(3,4)26(18)28)30-16-23-15(22)24-17(25-16)31-14-11-20(5,6)27(29)21(7,8)12-14/h13-14H,9-12H2,1-8H3. The highest BCUT2D eigenvalue weighted by molar-refractivity contribution is 5.06. The molecule has 1 aromatic heterocycles. The molecule has 9 nitrogen and oxygen atoms in total. The first kappa shape index (κ1) is 24.0. The van der Waals surface area contributed by atoms with Gasteiger partial charge >= 0.3 is 18.1 Å². The van der Waals surface area contributed by atoms with Crippen molar-refractivity contribution in [3.05, 3.63) is 6.08 Å². The summed E-state index contributed by atoms with van der Waals surface area (Å²) in [6.07, 6.45) is 0.0978. The van der Waals surface area contributed by atoms with Crippen LogP contribution >= 0.6 is 0 Å². The molecule has 10 heteroatoms. The summed E-state index contributed by atoms with van der Waals surface area (Å²) in [5.41, 5.74) is -2.55. The highest BCUT2D eigenvalue weighted by Crippen LogP contribution is 2.39. The summed E-state index contributed by atoms with van der Waals surface area (Å²) in [4.78, 5) is 11.5. The van der Waals surface area contributed by atoms with Crippen molar-refractivity contribution in [1.29, 1.82) is 0 Å². The van der Waals surface area contributed by atoms with Crippen LogP contribution in [-0.4, -0.2) is 59.4 Å². The van der Waals surface area contributed by atoms with E-state index in [-0.39, 0.29) is 24.2 Å². The summed E-state index contributed by atoms with van der Waals surface area (Å²) in [6, 6.07) is -0.337. The van der Waals surface area contributed by atoms with Gasteiger partial charge in [0, 0.05) is 47.8 Å². The Bertz CT molecular complexity index is 719. The number of nitrogens with zero attached hydrogens (tertiary/aromatic N) is 5. The molecule has 31 heavy (non-hydrogen) atoms. The highest BCUT2D eigenvalue weighted by atomic mass is 19.1. The SMILES string of the molecule is CC1(C)CC(Oc2nc(F)nc(OC3CC(C)(C)N([O])C(C)(C)C3)n2)CC(C)(C)N1[O]. The van der Waals surface area contributed by atoms with E-state index < -0.39 is 28.2 Å². The summed E-state index contributed by atoms with van der Waals surface area (Å²) in [6.45, 7) is 14.8. The Morgan fingerprint density at radius 1 is 0.677 bits per heavy atom. The minimum absolute atomic E-state index is 0.168. The lowest BCUT2D eigenvalue weighted by Gasteiger charge is -2.49. The van der Waals surface area contributed by atoms with Crippen molar-refractivity contribution in [2.24, 2.45) is 0 Å². The Hall–Kier alpha value is -1.62. The summed E-state index contributed by atoms with van der Waals surface area (Å²) in [5.74, 6) is 0. The van der Waals surface area contributed by atoms with E-state index in [1.165, 1.54) is 0 Å². The van der Waals surface area contributed by atoms with Gasteiger partial charge in [0.25, 0.3) is 0 Å². The van der Waals surface area contributed by atoms with Crippen LogP contribution < -0.4 is 9.47 Å². The molecule has 2 aliphatic rings. The smallest absolute Gasteiger partial charge is 0.325 e. The molecule has 0 saturated carbocycles. The van der Waals surface area contributed by atoms with E-state index in [0.29, 0.717) is 25.7 Å². The van der Waals surface area contributed by atoms with Gasteiger partial charge in [0.05, 0.1) is 0 Å². The van der Waals surface area contributed by atoms with Crippen molar-refractivity contribution in [1.82, 2.24) is 25.1 Å². The first-order valence-electron chi connectivity index (χ1n) is 10.7. The molecule has 3 heterocycles. The zero-order valence-electron chi connectivity index (χ0n) is 19.7. The molecule has 2 saturated heterocycles. The number of hydrogen-bond donors (Lipinski definition) is 0. The molecule has 0 aromatic carbocycles. The van der Waals surface area contributed by atoms with Gasteiger partial charge in [-0.1, -0.05) is 0 Å². The van der Waals surface area contributed by atoms with Gasteiger partial charge in [-0.25, -0.2) is 0 Å². The molecule has 0 N–H and O–H groups in total. The number of rotatable bonds is 4. The van der Waals surface area contributed by atoms with Gasteiger partial charge in [0.2, 0.25) is 0 Å². The van der Waals surface area contributed by atoms with Gasteiger partial charge in [-0.05, 0) is 55.4 Å². The largest absolute Gasteiger partial charge is 0.460 e. The van der Waals surface area contributed by atoms with Crippen LogP contribution in [0.5, 0.6) is 12.0 Å². The molecule has 2 radical (unpaired) electrons. The van der Waals surface area contributed by atoms with Crippen molar-refractivity contribution in [2.75, 3.05) is 0 Å². The van der Waals surface area contributed by atoms with Crippen molar-refractivity contribution < 1.29 is 24.3 Å². The molecular formula is C21H34FN5O4. The van der Waals surface area contributed by atoms with Gasteiger partial charge in [0.15, 0.2) is 0 Å². The molecule has 0 amide bonds. The molecule has 0 aliphatic carbocycles. The molecule has 0 atom stereocenters. The lowest BCUT2D eigenvalue weighted by atomic mass is 9.80. The third kappa shape index (κ3) is 5.08. The lowest BCUT2D eigenvalue weighted by Crippen LogP contribution is -2.60. The predicted octanol–water partition coefficient (Wildman–Crippen LogP) is 3.50. The first-order chi connectivity index (χ1) is 14.0. The number of piperidine rings is 2. The maximum Gasteiger partial charge on any atom is 0.325 e. The topological polar surface area (TPSA) is 103 Å². The molecular weight excluding hydrogens is 405 g/mol. The molecule has 0 spiro atoms. The Balaban J connectivity index is 1.75. The molecule has 2 fully saturated rings. The minimum Gasteiger partial charge on any atom is -0.460 e. The van der Waals surface area contributed by atoms with Gasteiger partial charge in [0.1, 0.15) is 12.2 Å². The maximum absolute atomic E-state index is 14.1. The maximum atomic E-state index is 14.1. The first-order valence-corrected chi connectivity index (χ1v) is 10.7. The van der Waals surface area contributed by atoms with E-state index in [0.717, 1.165) is 10.1 Å². The summed E-state index contributed by atoms with van der Waals surface area (Å²) in [5, 5.41) is 27.3. The monoisotopic (exact) mass is 439 g/mol. The summed E-state index contributed by atoms with van der Waals surface area (Å²) >= 11 is 0. The Morgan fingerprint density at radius 2 is 0.968 bits per heavy atom. The molecule has 3 rings (SSSR count). The van der Waals surface area contributed by atoms with E-state index >= 15 is 0 Å². The second-order valence-corrected chi connectivity index (χ2v) is 11.3. The fourth-order valence-corrected chi connectivity index (χ4v) is 5.23. The fraction of sp³-hybridized carbons (Fsp3) is 0.857. The quantitative estimate of drug-likeness (QED) is 0.707. The van der Waals surface area contributed by atoms with Crippen LogP contribution in [0.15, 0.2) is 0 Å². The minimum atomic E-state index is -1.00. The number of ether oxygens (including phenoxy) is 2. The van der Waals surface area contributed by atoms with Gasteiger partial charge < -0.3 is 9.47 Å². The van der Waals surface area contributed by atoms with E-state index in [1.807, 2.05) is 55.4 Å². The van der Waals surface area contributed by atoms with Crippen LogP contribution in [0.3, 0.4) is 0 Å². The molecule has 0 unspecified atom stereocenters. The van der Waals surface area contributed by atoms with Crippen LogP contribution in [0.1, 0.15) is 81.1 Å². The average molecular weight is 440 g/mol. The predicted molar refractivity (Wildman–Crippen MR) is 108 cm³/mol. The molecule has 2 aliphatic heterocycles. The van der Waals surface area contributed by atoms with Crippen molar-refractivity contribution >= 4 is 0 Å². The van der Waals surface area contributed by atoms with Crippen molar-refractivity contribution in [3.63, 3.8) is 0 Å². The van der Waals surface area contributed by atoms with E-state index in [4.69, 9.17) is 9.47 Å². The van der Waals surface area contributed by atoms with E-state index in [9.17, 15) is 14.8 Å². The van der Waals surface area contributed by atoms with Crippen LogP contribution in [0, 0.1) is 6.08 Å². The lowest BCUT2D eigenvalue weighted by molar-refractivity contribution is -0.297. The Morgan fingerprint density at radius 3 is 1.26 bits per heavy atom. The zero-order chi connectivity index (χ0) is 23.4. The average Bonchev–Trinajstić information content (AvgIpc) is 2.56. The molecule has 0 bridgehead atoms. The normalized spacial score (nSPS) is 26.5. The fourth-order valence-electron chi connectivity index (χ4n) is 5.23. The summed E-state index contributed by atoms with van der Waals surface area (Å²) in [7, 11) is 0. The Labute approximate surface area is 183 Å². The number of halogens is 1. The molecule has 174 valence electrons. The van der Waals surface area contributed by atoms with E-state index in [1.54, 1.807) is 0 Å². The van der Waals surface area contributed by atoms with Crippen molar-refractivity contribution in [2.45, 2.75) is 115 Å². The Kier molecular flexibility index (Phi) is 6.01. The van der Waals surface area contributed by atoms with Gasteiger partial charge in [-0.3, -0.25) is 0 Å². The van der Waals surface area contributed by atoms with Crippen molar-refractivity contribution in [3.8, 4) is 12.0 Å². The van der Waals surface area contributed by atoms with Gasteiger partial charge in [-0.2, -0.15) is 4.39 Å². The number of hydroxylamine groups is 4. The van der Waals surface area contributed by atoms with E-state index in [2.05, 4.69) is 15.0 Å². The third-order valence-corrected chi connectivity index (χ3v) is 6.22. The number of aromatic nitrogens is 3. The van der Waals surface area contributed by atoms with Crippen LogP contribution in [0.4, 0.5) is 4.39 Å². The second-order valence-electron chi connectivity index (χ2n) is 11.3. The third-order valence-electron chi connectivity index (χ3n) is 6.22. The summed E-state index contributed by atoms with van der Waals surface area (Å²) < 4.78 is 25.9. The van der Waals surface area contributed by atoms with Crippen LogP contribution in [0.25, 0.3) is 0 Å². The van der Waals surface area contributed by atoms with Crippen LogP contribution in [-0.2, 0) is 10.4 Å². The zero-order valence-corrected chi connectivity index (χ0v) is 19.7. The number of hydrogen-bond acceptors (Lipinski definition) is 7. The van der Waals surface area contributed by atoms with Gasteiger partial charge in [-0.15, -0.1) is 35.5 Å². The second kappa shape index (κ2) is 7.75.